The summed E-state index contributed by atoms with van der Waals surface area (Å²) in [5.74, 6) is -0.299. The Morgan fingerprint density at radius 3 is 2.55 bits per heavy atom. The molecule has 6 rings (SSSR count). The van der Waals surface area contributed by atoms with Gasteiger partial charge in [-0.2, -0.15) is 0 Å². The number of hydrazine groups is 2. The van der Waals surface area contributed by atoms with E-state index < -0.39 is 12.2 Å². The molecule has 228 valence electrons. The fourth-order valence-corrected chi connectivity index (χ4v) is 6.31. The Morgan fingerprint density at radius 2 is 1.80 bits per heavy atom. The second kappa shape index (κ2) is 12.4. The number of carbonyl (C=O) groups is 3. The van der Waals surface area contributed by atoms with Crippen LogP contribution in [0.15, 0.2) is 85.5 Å². The van der Waals surface area contributed by atoms with Crippen LogP contribution >= 0.6 is 0 Å². The molecule has 0 unspecified atom stereocenters. The number of anilines is 1. The van der Waals surface area contributed by atoms with Crippen LogP contribution in [0.1, 0.15) is 22.3 Å². The van der Waals surface area contributed by atoms with E-state index in [1.165, 1.54) is 0 Å². The van der Waals surface area contributed by atoms with Crippen LogP contribution in [0.4, 0.5) is 10.5 Å². The van der Waals surface area contributed by atoms with Crippen molar-refractivity contribution in [2.75, 3.05) is 32.1 Å². The number of nitrogens with one attached hydrogen (secondary N) is 2. The molecule has 4 amide bonds. The van der Waals surface area contributed by atoms with Crippen molar-refractivity contribution in [3.05, 3.63) is 108 Å². The summed E-state index contributed by atoms with van der Waals surface area (Å²) in [5, 5.41) is 18.1. The number of amides is 4. The number of phenolic OH excluding ortho intramolecular Hbond substituents is 1. The molecule has 0 saturated carbocycles. The summed E-state index contributed by atoms with van der Waals surface area (Å²) in [6.45, 7) is 5.59. The second-order valence-electron chi connectivity index (χ2n) is 11.4. The third kappa shape index (κ3) is 5.84. The van der Waals surface area contributed by atoms with E-state index in [1.54, 1.807) is 50.2 Å². The molecule has 11 nitrogen and oxygen atoms in total. The maximum Gasteiger partial charge on any atom is 0.334 e. The van der Waals surface area contributed by atoms with Gasteiger partial charge in [0, 0.05) is 39.6 Å². The van der Waals surface area contributed by atoms with E-state index in [2.05, 4.69) is 23.4 Å². The predicted molar refractivity (Wildman–Crippen MR) is 165 cm³/mol. The summed E-state index contributed by atoms with van der Waals surface area (Å²) in [4.78, 5) is 45.3. The summed E-state index contributed by atoms with van der Waals surface area (Å²) < 4.78 is 0. The first-order valence-electron chi connectivity index (χ1n) is 14.8. The number of fused-ring (bicyclic) bond motifs is 2. The van der Waals surface area contributed by atoms with Crippen molar-refractivity contribution in [2.45, 2.75) is 38.3 Å². The fourth-order valence-electron chi connectivity index (χ4n) is 6.31. The molecular weight excluding hydrogens is 558 g/mol. The standard InChI is InChI=1S/C33H37N7O4/c1-3-16-38-22-30(42)39-28(17-23-12-14-27(41)15-13-23)32(43)37(20-26-11-7-10-25-19-36(2)35-31(25)26)21-29(39)40(38)33(44)34-18-24-8-5-4-6-9-24/h3-15,28-29,35,41H,1,16-22H2,2H3,(H,34,44)/t28-,29-/m0/s1. The number of hydrogen-bond donors (Lipinski definition) is 3. The lowest BCUT2D eigenvalue weighted by Gasteiger charge is -2.55. The van der Waals surface area contributed by atoms with Crippen molar-refractivity contribution in [1.82, 2.24) is 30.1 Å². The Bertz CT molecular complexity index is 1550. The summed E-state index contributed by atoms with van der Waals surface area (Å²) in [7, 11) is 1.97. The van der Waals surface area contributed by atoms with Crippen LogP contribution in [-0.4, -0.2) is 86.7 Å². The first-order chi connectivity index (χ1) is 21.3. The minimum Gasteiger partial charge on any atom is -0.508 e. The van der Waals surface area contributed by atoms with Crippen LogP contribution in [0.5, 0.6) is 5.75 Å². The Morgan fingerprint density at radius 1 is 1.02 bits per heavy atom. The highest BCUT2D eigenvalue weighted by Gasteiger charge is 2.51. The highest BCUT2D eigenvalue weighted by atomic mass is 16.3. The van der Waals surface area contributed by atoms with E-state index in [-0.39, 0.29) is 49.7 Å². The zero-order valence-electron chi connectivity index (χ0n) is 24.7. The van der Waals surface area contributed by atoms with E-state index in [0.717, 1.165) is 34.5 Å². The van der Waals surface area contributed by atoms with Crippen molar-refractivity contribution >= 4 is 23.5 Å². The van der Waals surface area contributed by atoms with Gasteiger partial charge in [0.15, 0.2) is 0 Å². The topological polar surface area (TPSA) is 112 Å². The number of piperazine rings is 1. The third-order valence-corrected chi connectivity index (χ3v) is 8.34. The molecule has 2 atom stereocenters. The van der Waals surface area contributed by atoms with E-state index in [9.17, 15) is 19.5 Å². The van der Waals surface area contributed by atoms with Gasteiger partial charge in [-0.05, 0) is 34.4 Å². The van der Waals surface area contributed by atoms with Crippen molar-refractivity contribution < 1.29 is 19.5 Å². The average Bonchev–Trinajstić information content (AvgIpc) is 3.41. The lowest BCUT2D eigenvalue weighted by atomic mass is 9.98. The number of hydrogen-bond acceptors (Lipinski definition) is 7. The minimum atomic E-state index is -0.839. The lowest BCUT2D eigenvalue weighted by molar-refractivity contribution is -0.189. The summed E-state index contributed by atoms with van der Waals surface area (Å²) in [6, 6.07) is 21.1. The molecule has 0 aromatic heterocycles. The van der Waals surface area contributed by atoms with Gasteiger partial charge < -0.3 is 25.6 Å². The maximum absolute atomic E-state index is 14.3. The number of nitrogens with zero attached hydrogens (tertiary/aromatic N) is 5. The van der Waals surface area contributed by atoms with Crippen molar-refractivity contribution in [2.24, 2.45) is 0 Å². The number of rotatable bonds is 8. The van der Waals surface area contributed by atoms with E-state index in [4.69, 9.17) is 0 Å². The SMILES string of the molecule is C=CCN1CC(=O)N2[C@@H](Cc3ccc(O)cc3)C(=O)N(Cc3cccc4c3NN(C)C4)C[C@@H]2N1C(=O)NCc1ccccc1. The molecule has 3 heterocycles. The molecule has 0 spiro atoms. The maximum atomic E-state index is 14.3. The highest BCUT2D eigenvalue weighted by Crippen LogP contribution is 2.33. The Kier molecular flexibility index (Phi) is 8.23. The quantitative estimate of drug-likeness (QED) is 0.344. The molecule has 0 bridgehead atoms. The molecule has 3 aromatic rings. The summed E-state index contributed by atoms with van der Waals surface area (Å²) in [6.07, 6.45) is 1.17. The zero-order valence-corrected chi connectivity index (χ0v) is 24.7. The van der Waals surface area contributed by atoms with Crippen LogP contribution in [0.2, 0.25) is 0 Å². The molecule has 3 aliphatic rings. The summed E-state index contributed by atoms with van der Waals surface area (Å²) >= 11 is 0. The second-order valence-corrected chi connectivity index (χ2v) is 11.4. The van der Waals surface area contributed by atoms with Crippen LogP contribution < -0.4 is 10.7 Å². The minimum absolute atomic E-state index is 0.0664. The van der Waals surface area contributed by atoms with Crippen LogP contribution in [0.25, 0.3) is 0 Å². The lowest BCUT2D eigenvalue weighted by Crippen LogP contribution is -2.76. The average molecular weight is 596 g/mol. The molecule has 2 saturated heterocycles. The number of carbonyl (C=O) groups excluding carboxylic acids is 3. The molecule has 0 radical (unpaired) electrons. The number of para-hydroxylation sites is 1. The number of urea groups is 1. The Balaban J connectivity index is 1.35. The molecule has 0 aliphatic carbocycles. The third-order valence-electron chi connectivity index (χ3n) is 8.34. The van der Waals surface area contributed by atoms with E-state index in [1.807, 2.05) is 54.5 Å². The van der Waals surface area contributed by atoms with Crippen LogP contribution in [0, 0.1) is 0 Å². The van der Waals surface area contributed by atoms with Crippen LogP contribution in [0.3, 0.4) is 0 Å². The molecule has 11 heteroatoms. The van der Waals surface area contributed by atoms with Crippen molar-refractivity contribution in [1.29, 1.82) is 0 Å². The Hall–Kier alpha value is -4.87. The van der Waals surface area contributed by atoms with Gasteiger partial charge in [-0.25, -0.2) is 19.8 Å². The van der Waals surface area contributed by atoms with Gasteiger partial charge in [-0.15, -0.1) is 6.58 Å². The summed E-state index contributed by atoms with van der Waals surface area (Å²) in [5.41, 5.74) is 8.21. The number of phenols is 1. The largest absolute Gasteiger partial charge is 0.508 e. The van der Waals surface area contributed by atoms with Gasteiger partial charge in [0.1, 0.15) is 18.0 Å². The normalized spacial score (nSPS) is 20.2. The van der Waals surface area contributed by atoms with Gasteiger partial charge >= 0.3 is 6.03 Å². The van der Waals surface area contributed by atoms with Gasteiger partial charge in [0.2, 0.25) is 11.8 Å². The molecule has 3 aliphatic heterocycles. The first kappa shape index (κ1) is 29.2. The molecule has 3 N–H and O–H groups in total. The van der Waals surface area contributed by atoms with E-state index >= 15 is 0 Å². The Labute approximate surface area is 256 Å². The van der Waals surface area contributed by atoms with Gasteiger partial charge in [0.05, 0.1) is 18.8 Å². The first-order valence-corrected chi connectivity index (χ1v) is 14.8. The van der Waals surface area contributed by atoms with Crippen LogP contribution in [-0.2, 0) is 35.6 Å². The number of aromatic hydroxyl groups is 1. The highest BCUT2D eigenvalue weighted by molar-refractivity contribution is 5.92. The fraction of sp³-hybridized carbons (Fsp3) is 0.303. The van der Waals surface area contributed by atoms with Gasteiger partial charge in [0.25, 0.3) is 0 Å². The molecule has 2 fully saturated rings. The van der Waals surface area contributed by atoms with Gasteiger partial charge in [-0.1, -0.05) is 66.7 Å². The van der Waals surface area contributed by atoms with Crippen molar-refractivity contribution in [3.8, 4) is 5.75 Å². The zero-order chi connectivity index (χ0) is 30.8. The molecule has 3 aromatic carbocycles. The monoisotopic (exact) mass is 595 g/mol. The smallest absolute Gasteiger partial charge is 0.334 e. The van der Waals surface area contributed by atoms with Gasteiger partial charge in [-0.3, -0.25) is 9.59 Å². The predicted octanol–water partition coefficient (Wildman–Crippen LogP) is 2.90. The van der Waals surface area contributed by atoms with Crippen molar-refractivity contribution in [3.63, 3.8) is 0 Å². The molecule has 44 heavy (non-hydrogen) atoms. The van der Waals surface area contributed by atoms with E-state index in [0.29, 0.717) is 13.1 Å². The number of benzene rings is 3. The molecular formula is C33H37N7O4.